The molecule has 0 aromatic rings. The van der Waals surface area contributed by atoms with Crippen LogP contribution in [0.2, 0.25) is 0 Å². The molecule has 60 valence electrons. The minimum absolute atomic E-state index is 0.375. The molecule has 0 unspecified atom stereocenters. The lowest BCUT2D eigenvalue weighted by atomic mass is 10.0. The van der Waals surface area contributed by atoms with E-state index in [2.05, 4.69) is 6.58 Å². The molecule has 1 nitrogen and oxygen atoms in total. The molecule has 0 aromatic carbocycles. The molecule has 0 bridgehead atoms. The van der Waals surface area contributed by atoms with E-state index >= 15 is 0 Å². The summed E-state index contributed by atoms with van der Waals surface area (Å²) in [5, 5.41) is 9.36. The first-order chi connectivity index (χ1) is 4.31. The van der Waals surface area contributed by atoms with Crippen LogP contribution in [0, 0.1) is 0 Å². The van der Waals surface area contributed by atoms with Gasteiger partial charge < -0.3 is 5.11 Å². The fourth-order valence-corrected chi connectivity index (χ4v) is 0.649. The van der Waals surface area contributed by atoms with Crippen molar-refractivity contribution in [2.75, 3.05) is 0 Å². The average Bonchev–Trinajstić information content (AvgIpc) is 1.61. The molecule has 1 N–H and O–H groups in total. The summed E-state index contributed by atoms with van der Waals surface area (Å²) >= 11 is 11.5. The van der Waals surface area contributed by atoms with Crippen molar-refractivity contribution < 1.29 is 5.11 Å². The van der Waals surface area contributed by atoms with Crippen molar-refractivity contribution in [1.29, 1.82) is 0 Å². The van der Waals surface area contributed by atoms with Crippen molar-refractivity contribution in [3.8, 4) is 0 Å². The fourth-order valence-electron chi connectivity index (χ4n) is 0.431. The topological polar surface area (TPSA) is 20.2 Å². The van der Waals surface area contributed by atoms with E-state index in [0.29, 0.717) is 6.42 Å². The Labute approximate surface area is 71.6 Å². The van der Waals surface area contributed by atoms with E-state index in [4.69, 9.17) is 23.2 Å². The third-order valence-corrected chi connectivity index (χ3v) is 2.53. The van der Waals surface area contributed by atoms with Crippen LogP contribution < -0.4 is 0 Å². The third kappa shape index (κ3) is 2.49. The maximum atomic E-state index is 9.36. The number of aliphatic hydroxyl groups is 1. The molecule has 0 atom stereocenters. The normalized spacial score (nSPS) is 13.3. The van der Waals surface area contributed by atoms with Crippen molar-refractivity contribution in [1.82, 2.24) is 0 Å². The second-order valence-electron chi connectivity index (χ2n) is 2.76. The Morgan fingerprint density at radius 3 is 2.00 bits per heavy atom. The maximum absolute atomic E-state index is 9.36. The quantitative estimate of drug-likeness (QED) is 0.526. The Kier molecular flexibility index (Phi) is 3.21. The van der Waals surface area contributed by atoms with Crippen LogP contribution in [0.4, 0.5) is 0 Å². The fraction of sp³-hybridized carbons (Fsp3) is 0.714. The van der Waals surface area contributed by atoms with Gasteiger partial charge in [-0.2, -0.15) is 0 Å². The number of allylic oxidation sites excluding steroid dienone is 1. The maximum Gasteiger partial charge on any atom is 0.149 e. The van der Waals surface area contributed by atoms with Crippen molar-refractivity contribution in [2.24, 2.45) is 0 Å². The number of halogens is 2. The minimum Gasteiger partial charge on any atom is -0.387 e. The van der Waals surface area contributed by atoms with Crippen molar-refractivity contribution in [2.45, 2.75) is 30.2 Å². The zero-order valence-electron chi connectivity index (χ0n) is 6.19. The summed E-state index contributed by atoms with van der Waals surface area (Å²) in [6.45, 7) is 6.61. The second kappa shape index (κ2) is 3.12. The molecule has 0 spiro atoms. The van der Waals surface area contributed by atoms with Crippen LogP contribution in [-0.2, 0) is 0 Å². The molecule has 0 radical (unpaired) electrons. The smallest absolute Gasteiger partial charge is 0.149 e. The third-order valence-electron chi connectivity index (χ3n) is 1.30. The molecule has 0 aliphatic rings. The molecule has 3 heteroatoms. The summed E-state index contributed by atoms with van der Waals surface area (Å²) in [5.41, 5.74) is -1.09. The van der Waals surface area contributed by atoms with Crippen LogP contribution in [0.15, 0.2) is 12.7 Å². The first kappa shape index (κ1) is 10.3. The summed E-state index contributed by atoms with van der Waals surface area (Å²) in [6, 6.07) is 0. The molecule has 10 heavy (non-hydrogen) atoms. The molecule has 0 saturated carbocycles. The SMILES string of the molecule is C=CCC(Cl)(Cl)C(C)(C)O. The summed E-state index contributed by atoms with van der Waals surface area (Å²) in [6.07, 6.45) is 1.96. The highest BCUT2D eigenvalue weighted by Gasteiger charge is 2.39. The van der Waals surface area contributed by atoms with Crippen LogP contribution in [0.1, 0.15) is 20.3 Å². The molecule has 0 aliphatic heterocycles. The summed E-state index contributed by atoms with van der Waals surface area (Å²) in [4.78, 5) is 0. The number of rotatable bonds is 3. The predicted octanol–water partition coefficient (Wildman–Crippen LogP) is 2.51. The van der Waals surface area contributed by atoms with Gasteiger partial charge >= 0.3 is 0 Å². The standard InChI is InChI=1S/C7H12Cl2O/c1-4-5-7(8,9)6(2,3)10/h4,10H,1,5H2,2-3H3. The van der Waals surface area contributed by atoms with Gasteiger partial charge in [-0.1, -0.05) is 29.3 Å². The number of hydrogen-bond acceptors (Lipinski definition) is 1. The Hall–Kier alpha value is 0.280. The lowest BCUT2D eigenvalue weighted by Gasteiger charge is -2.31. The minimum atomic E-state index is -1.13. The van der Waals surface area contributed by atoms with Gasteiger partial charge in [-0.25, -0.2) is 0 Å². The van der Waals surface area contributed by atoms with Crippen LogP contribution in [0.5, 0.6) is 0 Å². The van der Waals surface area contributed by atoms with Crippen molar-refractivity contribution >= 4 is 23.2 Å². The molecule has 0 rings (SSSR count). The number of hydrogen-bond donors (Lipinski definition) is 1. The van der Waals surface area contributed by atoms with Gasteiger partial charge in [-0.15, -0.1) is 6.58 Å². The zero-order chi connectivity index (χ0) is 8.41. The highest BCUT2D eigenvalue weighted by Crippen LogP contribution is 2.36. The van der Waals surface area contributed by atoms with E-state index in [9.17, 15) is 5.11 Å². The highest BCUT2D eigenvalue weighted by molar-refractivity contribution is 6.49. The summed E-state index contributed by atoms with van der Waals surface area (Å²) < 4.78 is -1.13. The Bertz CT molecular complexity index is 124. The Morgan fingerprint density at radius 2 is 1.90 bits per heavy atom. The average molecular weight is 183 g/mol. The number of alkyl halides is 2. The monoisotopic (exact) mass is 182 g/mol. The van der Waals surface area contributed by atoms with E-state index in [0.717, 1.165) is 0 Å². The van der Waals surface area contributed by atoms with E-state index in [-0.39, 0.29) is 0 Å². The Balaban J connectivity index is 4.23. The lowest BCUT2D eigenvalue weighted by Crippen LogP contribution is -2.40. The van der Waals surface area contributed by atoms with Crippen molar-refractivity contribution in [3.05, 3.63) is 12.7 Å². The Morgan fingerprint density at radius 1 is 1.50 bits per heavy atom. The van der Waals surface area contributed by atoms with E-state index < -0.39 is 9.93 Å². The van der Waals surface area contributed by atoms with Crippen LogP contribution in [0.25, 0.3) is 0 Å². The van der Waals surface area contributed by atoms with Crippen LogP contribution in [-0.4, -0.2) is 15.0 Å². The summed E-state index contributed by atoms with van der Waals surface area (Å²) in [5.74, 6) is 0. The lowest BCUT2D eigenvalue weighted by molar-refractivity contribution is 0.0627. The molecular weight excluding hydrogens is 171 g/mol. The van der Waals surface area contributed by atoms with Gasteiger partial charge in [-0.05, 0) is 13.8 Å². The molecule has 0 aliphatic carbocycles. The van der Waals surface area contributed by atoms with Gasteiger partial charge in [0.1, 0.15) is 4.33 Å². The van der Waals surface area contributed by atoms with Gasteiger partial charge in [0.2, 0.25) is 0 Å². The van der Waals surface area contributed by atoms with Crippen LogP contribution in [0.3, 0.4) is 0 Å². The van der Waals surface area contributed by atoms with E-state index in [1.165, 1.54) is 0 Å². The second-order valence-corrected chi connectivity index (χ2v) is 4.24. The first-order valence-electron chi connectivity index (χ1n) is 3.02. The molecular formula is C7H12Cl2O. The van der Waals surface area contributed by atoms with Gasteiger partial charge in [0.25, 0.3) is 0 Å². The van der Waals surface area contributed by atoms with Gasteiger partial charge in [-0.3, -0.25) is 0 Å². The molecule has 0 saturated heterocycles. The summed E-state index contributed by atoms with van der Waals surface area (Å²) in [7, 11) is 0. The van der Waals surface area contributed by atoms with E-state index in [1.54, 1.807) is 19.9 Å². The molecule has 0 fully saturated rings. The predicted molar refractivity (Wildman–Crippen MR) is 45.5 cm³/mol. The first-order valence-corrected chi connectivity index (χ1v) is 3.78. The van der Waals surface area contributed by atoms with Crippen LogP contribution >= 0.6 is 23.2 Å². The largest absolute Gasteiger partial charge is 0.387 e. The zero-order valence-corrected chi connectivity index (χ0v) is 7.71. The van der Waals surface area contributed by atoms with E-state index in [1.807, 2.05) is 0 Å². The van der Waals surface area contributed by atoms with Crippen molar-refractivity contribution in [3.63, 3.8) is 0 Å². The molecule has 0 amide bonds. The molecule has 0 heterocycles. The van der Waals surface area contributed by atoms with Gasteiger partial charge in [0, 0.05) is 6.42 Å². The molecule has 0 aromatic heterocycles. The highest BCUT2D eigenvalue weighted by atomic mass is 35.5. The van der Waals surface area contributed by atoms with Gasteiger partial charge in [0.05, 0.1) is 5.60 Å². The van der Waals surface area contributed by atoms with Gasteiger partial charge in [0.15, 0.2) is 0 Å².